The van der Waals surface area contributed by atoms with Gasteiger partial charge in [0.1, 0.15) is 0 Å². The zero-order valence-electron chi connectivity index (χ0n) is 35.0. The molecule has 0 atom stereocenters. The van der Waals surface area contributed by atoms with Gasteiger partial charge in [-0.1, -0.05) is 110 Å². The second-order valence-corrected chi connectivity index (χ2v) is 43.1. The van der Waals surface area contributed by atoms with Gasteiger partial charge in [-0.25, -0.2) is 0 Å². The minimum atomic E-state index is -3.85. The van der Waals surface area contributed by atoms with E-state index in [-0.39, 0.29) is 41.4 Å². The van der Waals surface area contributed by atoms with Gasteiger partial charge in [-0.05, 0) is 47.8 Å². The Hall–Kier alpha value is 1.26. The topological polar surface area (TPSA) is 111 Å². The second-order valence-electron chi connectivity index (χ2n) is 19.0. The van der Waals surface area contributed by atoms with E-state index in [4.69, 9.17) is 49.4 Å². The van der Waals surface area contributed by atoms with Crippen LogP contribution < -0.4 is 0 Å². The van der Waals surface area contributed by atoms with Crippen molar-refractivity contribution in [3.05, 3.63) is 0 Å². The molecule has 0 aliphatic carbocycles. The lowest BCUT2D eigenvalue weighted by Gasteiger charge is -2.64. The molecule has 0 radical (unpaired) electrons. The SMILES string of the molecule is CCCC[Si]12O[Si]3(CC(C)C)O[Si]4(CC(C)C)O[Si](CC(C)C)(O1)O[Si]1(CC(C)C)O[Si](CC(C)C)(O2)O[Si](CC(C)C)(O3)O[Si](CC(C)C)(O4)O1. The zero-order valence-corrected chi connectivity index (χ0v) is 43.0. The summed E-state index contributed by atoms with van der Waals surface area (Å²) in [4.78, 5) is 0. The van der Waals surface area contributed by atoms with Gasteiger partial charge < -0.3 is 49.4 Å². The van der Waals surface area contributed by atoms with Crippen molar-refractivity contribution in [3.8, 4) is 0 Å². The van der Waals surface area contributed by atoms with Crippen LogP contribution in [0.3, 0.4) is 0 Å². The third-order valence-electron chi connectivity index (χ3n) is 9.18. The molecule has 8 bridgehead atoms. The molecule has 0 unspecified atom stereocenters. The average Bonchev–Trinajstić information content (AvgIpc) is 2.84. The van der Waals surface area contributed by atoms with E-state index in [2.05, 4.69) is 104 Å². The van der Waals surface area contributed by atoms with Crippen LogP contribution in [0.1, 0.15) is 117 Å². The summed E-state index contributed by atoms with van der Waals surface area (Å²) >= 11 is 0. The summed E-state index contributed by atoms with van der Waals surface area (Å²) in [5.74, 6) is 1.08. The summed E-state index contributed by atoms with van der Waals surface area (Å²) in [6.45, 7) is 32.7. The van der Waals surface area contributed by atoms with Crippen LogP contribution in [-0.4, -0.2) is 70.4 Å². The van der Waals surface area contributed by atoms with E-state index < -0.39 is 70.4 Å². The molecular formula is C32H72O12Si8. The molecule has 6 aliphatic rings. The fraction of sp³-hybridized carbons (Fsp3) is 1.00. The molecule has 52 heavy (non-hydrogen) atoms. The van der Waals surface area contributed by atoms with E-state index in [0.717, 1.165) is 12.8 Å². The lowest BCUT2D eigenvalue weighted by molar-refractivity contribution is -0.0341. The van der Waals surface area contributed by atoms with Gasteiger partial charge in [0.25, 0.3) is 0 Å². The molecule has 0 aromatic carbocycles. The first kappa shape index (κ1) is 44.4. The van der Waals surface area contributed by atoms with Crippen molar-refractivity contribution in [3.63, 3.8) is 0 Å². The lowest BCUT2D eigenvalue weighted by atomic mass is 10.3. The number of unbranched alkanes of at least 4 members (excludes halogenated alkanes) is 1. The Bertz CT molecular complexity index is 1080. The summed E-state index contributed by atoms with van der Waals surface area (Å²) < 4.78 is 92.9. The van der Waals surface area contributed by atoms with Crippen LogP contribution in [-0.2, 0) is 49.4 Å². The highest BCUT2D eigenvalue weighted by Crippen LogP contribution is 2.55. The minimum Gasteiger partial charge on any atom is -0.373 e. The average molecular weight is 874 g/mol. The maximum absolute atomic E-state index is 7.74. The molecule has 12 nitrogen and oxygen atoms in total. The van der Waals surface area contributed by atoms with Crippen LogP contribution in [0, 0.1) is 41.4 Å². The van der Waals surface area contributed by atoms with E-state index in [1.54, 1.807) is 0 Å². The van der Waals surface area contributed by atoms with Crippen molar-refractivity contribution in [2.75, 3.05) is 0 Å². The van der Waals surface area contributed by atoms with Gasteiger partial charge in [-0.2, -0.15) is 0 Å². The molecular weight excluding hydrogens is 801 g/mol. The van der Waals surface area contributed by atoms with Crippen molar-refractivity contribution < 1.29 is 49.4 Å². The predicted molar refractivity (Wildman–Crippen MR) is 216 cm³/mol. The number of rotatable bonds is 17. The van der Waals surface area contributed by atoms with E-state index in [1.807, 2.05) is 0 Å². The zero-order chi connectivity index (χ0) is 38.6. The van der Waals surface area contributed by atoms with E-state index >= 15 is 0 Å². The molecule has 304 valence electrons. The molecule has 0 N–H and O–H groups in total. The van der Waals surface area contributed by atoms with Gasteiger partial charge in [0.15, 0.2) is 0 Å². The van der Waals surface area contributed by atoms with Gasteiger partial charge >= 0.3 is 70.4 Å². The van der Waals surface area contributed by atoms with Crippen LogP contribution in [0.2, 0.25) is 48.4 Å². The second kappa shape index (κ2) is 16.1. The molecule has 0 aromatic rings. The third kappa shape index (κ3) is 10.1. The first-order chi connectivity index (χ1) is 24.0. The molecule has 0 saturated carbocycles. The summed E-state index contributed by atoms with van der Waals surface area (Å²) in [6.07, 6.45) is 1.75. The fourth-order valence-corrected chi connectivity index (χ4v) is 60.0. The highest BCUT2D eigenvalue weighted by atomic mass is 28.6. The van der Waals surface area contributed by atoms with Crippen molar-refractivity contribution in [2.45, 2.75) is 165 Å². The van der Waals surface area contributed by atoms with Crippen molar-refractivity contribution >= 4 is 70.4 Å². The van der Waals surface area contributed by atoms with E-state index in [1.165, 1.54) is 0 Å². The van der Waals surface area contributed by atoms with Crippen molar-refractivity contribution in [1.29, 1.82) is 0 Å². The summed E-state index contributed by atoms with van der Waals surface area (Å²) in [6, 6.07) is 4.16. The van der Waals surface area contributed by atoms with Gasteiger partial charge in [0.05, 0.1) is 0 Å². The highest BCUT2D eigenvalue weighted by molar-refractivity contribution is 7.03. The maximum Gasteiger partial charge on any atom is 0.479 e. The largest absolute Gasteiger partial charge is 0.479 e. The number of hydrogen-bond acceptors (Lipinski definition) is 12. The molecule has 0 spiro atoms. The predicted octanol–water partition coefficient (Wildman–Crippen LogP) is 9.16. The first-order valence-electron chi connectivity index (χ1n) is 20.4. The van der Waals surface area contributed by atoms with Crippen LogP contribution in [0.15, 0.2) is 0 Å². The molecule has 6 fully saturated rings. The van der Waals surface area contributed by atoms with Gasteiger partial charge in [-0.15, -0.1) is 0 Å². The molecule has 0 aromatic heterocycles. The summed E-state index contributed by atoms with van der Waals surface area (Å²) in [7, 11) is -30.7. The molecule has 6 heterocycles. The Morgan fingerprint density at radius 3 is 0.558 bits per heavy atom. The van der Waals surface area contributed by atoms with Gasteiger partial charge in [0.2, 0.25) is 0 Å². The lowest BCUT2D eigenvalue weighted by Crippen LogP contribution is -2.88. The molecule has 20 heteroatoms. The third-order valence-corrected chi connectivity index (χ3v) is 49.2. The van der Waals surface area contributed by atoms with E-state index in [0.29, 0.717) is 48.4 Å². The standard InChI is InChI=1S/C32H72O12Si8/c1-16-17-18-45-33-46(19-26(2)3)36-49(22-29(8)9)38-47(34-45,20-27(4)5)40-51(24-31(12)13)41-48(35-45,21-28(6)7)39-50(37-46,23-30(10)11)43-52(42-49,44-51)25-32(14)15/h26-32H,16-25H2,1-15H3. The van der Waals surface area contributed by atoms with Crippen LogP contribution in [0.25, 0.3) is 0 Å². The summed E-state index contributed by atoms with van der Waals surface area (Å²) in [5.41, 5.74) is 0. The Morgan fingerprint density at radius 2 is 0.423 bits per heavy atom. The molecule has 0 amide bonds. The van der Waals surface area contributed by atoms with Gasteiger partial charge in [-0.3, -0.25) is 0 Å². The Morgan fingerprint density at radius 1 is 0.269 bits per heavy atom. The normalized spacial score (nSPS) is 41.9. The molecule has 6 saturated heterocycles. The van der Waals surface area contributed by atoms with Crippen LogP contribution in [0.5, 0.6) is 0 Å². The van der Waals surface area contributed by atoms with Crippen molar-refractivity contribution in [1.82, 2.24) is 0 Å². The Kier molecular flexibility index (Phi) is 13.8. The minimum absolute atomic E-state index is 0.152. The van der Waals surface area contributed by atoms with Crippen molar-refractivity contribution in [2.24, 2.45) is 41.4 Å². The highest BCUT2D eigenvalue weighted by Gasteiger charge is 2.83. The smallest absolute Gasteiger partial charge is 0.373 e. The first-order valence-corrected chi connectivity index (χ1v) is 35.8. The monoisotopic (exact) mass is 872 g/mol. The maximum atomic E-state index is 7.74. The van der Waals surface area contributed by atoms with Crippen LogP contribution >= 0.6 is 0 Å². The Labute approximate surface area is 324 Å². The van der Waals surface area contributed by atoms with E-state index in [9.17, 15) is 0 Å². The fourth-order valence-electron chi connectivity index (χ4n) is 8.26. The quantitative estimate of drug-likeness (QED) is 0.130. The number of hydrogen-bond donors (Lipinski definition) is 0. The summed E-state index contributed by atoms with van der Waals surface area (Å²) in [5, 5.41) is 0. The van der Waals surface area contributed by atoms with Crippen LogP contribution in [0.4, 0.5) is 0 Å². The molecule has 6 aliphatic heterocycles. The molecule has 6 rings (SSSR count). The Balaban J connectivity index is 1.96. The van der Waals surface area contributed by atoms with Gasteiger partial charge in [0, 0.05) is 48.4 Å².